The van der Waals surface area contributed by atoms with E-state index in [0.29, 0.717) is 16.3 Å². The first kappa shape index (κ1) is 19.4. The van der Waals surface area contributed by atoms with Gasteiger partial charge in [0.25, 0.3) is 5.91 Å². The molecule has 4 amide bonds. The molecule has 1 heterocycles. The van der Waals surface area contributed by atoms with Gasteiger partial charge >= 0.3 is 6.03 Å². The monoisotopic (exact) mass is 449 g/mol. The fraction of sp³-hybridized carbons (Fsp3) is 0.211. The summed E-state index contributed by atoms with van der Waals surface area (Å²) in [6, 6.07) is 11.6. The Kier molecular flexibility index (Phi) is 5.26. The van der Waals surface area contributed by atoms with Crippen LogP contribution < -0.4 is 10.6 Å². The van der Waals surface area contributed by atoms with Crippen LogP contribution in [0.5, 0.6) is 0 Å². The number of hydrogen-bond donors (Lipinski definition) is 2. The molecule has 0 aliphatic carbocycles. The van der Waals surface area contributed by atoms with Gasteiger partial charge in [-0.15, -0.1) is 0 Å². The van der Waals surface area contributed by atoms with Crippen molar-refractivity contribution in [3.05, 3.63) is 63.1 Å². The molecule has 8 heteroatoms. The number of amides is 4. The molecule has 2 aromatic carbocycles. The summed E-state index contributed by atoms with van der Waals surface area (Å²) in [5, 5.41) is 5.85. The van der Waals surface area contributed by atoms with E-state index in [0.717, 1.165) is 14.9 Å². The lowest BCUT2D eigenvalue weighted by Gasteiger charge is -2.22. The average Bonchev–Trinajstić information content (AvgIpc) is 2.82. The SMILES string of the molecule is Cc1ccc(Cl)cc1NC(=O)CN1C(=O)N[C@](C)(c2cccc(Br)c2)C1=O. The van der Waals surface area contributed by atoms with E-state index < -0.39 is 23.4 Å². The normalized spacial score (nSPS) is 19.2. The maximum atomic E-state index is 12.9. The zero-order valence-corrected chi connectivity index (χ0v) is 17.0. The fourth-order valence-corrected chi connectivity index (χ4v) is 3.47. The highest BCUT2D eigenvalue weighted by atomic mass is 79.9. The fourth-order valence-electron chi connectivity index (χ4n) is 2.90. The zero-order valence-electron chi connectivity index (χ0n) is 14.7. The molecule has 6 nitrogen and oxygen atoms in total. The smallest absolute Gasteiger partial charge is 0.324 e. The zero-order chi connectivity index (χ0) is 19.8. The van der Waals surface area contributed by atoms with Gasteiger partial charge in [0, 0.05) is 15.2 Å². The Labute approximate surface area is 170 Å². The van der Waals surface area contributed by atoms with Gasteiger partial charge in [0.05, 0.1) is 0 Å². The summed E-state index contributed by atoms with van der Waals surface area (Å²) >= 11 is 9.31. The van der Waals surface area contributed by atoms with E-state index in [9.17, 15) is 14.4 Å². The highest BCUT2D eigenvalue weighted by Crippen LogP contribution is 2.30. The van der Waals surface area contributed by atoms with E-state index in [2.05, 4.69) is 26.6 Å². The van der Waals surface area contributed by atoms with Gasteiger partial charge in [0.1, 0.15) is 12.1 Å². The summed E-state index contributed by atoms with van der Waals surface area (Å²) < 4.78 is 0.788. The summed E-state index contributed by atoms with van der Waals surface area (Å²) in [5.74, 6) is -0.967. The number of anilines is 1. The number of nitrogens with zero attached hydrogens (tertiary/aromatic N) is 1. The molecule has 1 aliphatic rings. The van der Waals surface area contributed by atoms with Crippen molar-refractivity contribution in [1.82, 2.24) is 10.2 Å². The van der Waals surface area contributed by atoms with Crippen molar-refractivity contribution in [2.24, 2.45) is 0 Å². The lowest BCUT2D eigenvalue weighted by molar-refractivity contribution is -0.133. The maximum Gasteiger partial charge on any atom is 0.325 e. The third-order valence-electron chi connectivity index (χ3n) is 4.45. The minimum Gasteiger partial charge on any atom is -0.324 e. The number of hydrogen-bond acceptors (Lipinski definition) is 3. The molecular formula is C19H17BrClN3O3. The van der Waals surface area contributed by atoms with Gasteiger partial charge in [-0.2, -0.15) is 0 Å². The molecule has 0 aromatic heterocycles. The Morgan fingerprint density at radius 3 is 2.70 bits per heavy atom. The Morgan fingerprint density at radius 2 is 2.00 bits per heavy atom. The van der Waals surface area contributed by atoms with Crippen LogP contribution in [0.3, 0.4) is 0 Å². The van der Waals surface area contributed by atoms with Crippen LogP contribution in [0.15, 0.2) is 46.9 Å². The maximum absolute atomic E-state index is 12.9. The average molecular weight is 451 g/mol. The van der Waals surface area contributed by atoms with Crippen molar-refractivity contribution in [2.75, 3.05) is 11.9 Å². The van der Waals surface area contributed by atoms with Crippen molar-refractivity contribution in [1.29, 1.82) is 0 Å². The molecule has 3 rings (SSSR count). The molecule has 1 atom stereocenters. The largest absolute Gasteiger partial charge is 0.325 e. The van der Waals surface area contributed by atoms with E-state index in [4.69, 9.17) is 11.6 Å². The van der Waals surface area contributed by atoms with Crippen LogP contribution in [-0.4, -0.2) is 29.3 Å². The van der Waals surface area contributed by atoms with Crippen LogP contribution in [0.2, 0.25) is 5.02 Å². The Bertz CT molecular complexity index is 950. The number of carbonyl (C=O) groups excluding carboxylic acids is 3. The lowest BCUT2D eigenvalue weighted by atomic mass is 9.92. The van der Waals surface area contributed by atoms with Gasteiger partial charge in [0.15, 0.2) is 0 Å². The van der Waals surface area contributed by atoms with Gasteiger partial charge in [-0.05, 0) is 49.2 Å². The number of urea groups is 1. The van der Waals surface area contributed by atoms with E-state index in [1.54, 1.807) is 43.3 Å². The van der Waals surface area contributed by atoms with Gasteiger partial charge in [-0.1, -0.05) is 45.7 Å². The second-order valence-electron chi connectivity index (χ2n) is 6.46. The standard InChI is InChI=1S/C19H17BrClN3O3/c1-11-6-7-14(21)9-15(11)22-16(25)10-24-17(26)19(2,23-18(24)27)12-4-3-5-13(20)8-12/h3-9H,10H2,1-2H3,(H,22,25)(H,23,27)/t19-/m1/s1. The first-order valence-electron chi connectivity index (χ1n) is 8.17. The van der Waals surface area contributed by atoms with E-state index >= 15 is 0 Å². The van der Waals surface area contributed by atoms with Crippen LogP contribution >= 0.6 is 27.5 Å². The number of imide groups is 1. The molecule has 0 radical (unpaired) electrons. The molecule has 140 valence electrons. The van der Waals surface area contributed by atoms with Crippen molar-refractivity contribution in [2.45, 2.75) is 19.4 Å². The van der Waals surface area contributed by atoms with Crippen molar-refractivity contribution >= 4 is 51.1 Å². The lowest BCUT2D eigenvalue weighted by Crippen LogP contribution is -2.42. The van der Waals surface area contributed by atoms with Crippen molar-refractivity contribution < 1.29 is 14.4 Å². The third kappa shape index (κ3) is 3.84. The summed E-state index contributed by atoms with van der Waals surface area (Å²) in [6.45, 7) is 3.05. The number of nitrogens with one attached hydrogen (secondary N) is 2. The molecule has 2 aromatic rings. The molecule has 0 saturated carbocycles. The predicted molar refractivity (Wildman–Crippen MR) is 107 cm³/mol. The second kappa shape index (κ2) is 7.32. The number of halogens is 2. The predicted octanol–water partition coefficient (Wildman–Crippen LogP) is 3.82. The first-order valence-corrected chi connectivity index (χ1v) is 9.34. The van der Waals surface area contributed by atoms with Gasteiger partial charge < -0.3 is 10.6 Å². The van der Waals surface area contributed by atoms with Crippen LogP contribution in [-0.2, 0) is 15.1 Å². The Balaban J connectivity index is 1.77. The molecule has 1 saturated heterocycles. The number of carbonyl (C=O) groups is 3. The van der Waals surface area contributed by atoms with E-state index in [1.165, 1.54) is 0 Å². The topological polar surface area (TPSA) is 78.5 Å². The summed E-state index contributed by atoms with van der Waals surface area (Å²) in [4.78, 5) is 38.5. The minimum absolute atomic E-state index is 0.389. The highest BCUT2D eigenvalue weighted by molar-refractivity contribution is 9.10. The molecule has 1 fully saturated rings. The summed E-state index contributed by atoms with van der Waals surface area (Å²) in [7, 11) is 0. The molecule has 27 heavy (non-hydrogen) atoms. The molecular weight excluding hydrogens is 434 g/mol. The quantitative estimate of drug-likeness (QED) is 0.695. The first-order chi connectivity index (χ1) is 12.7. The van der Waals surface area contributed by atoms with Crippen LogP contribution in [0, 0.1) is 6.92 Å². The van der Waals surface area contributed by atoms with Crippen LogP contribution in [0.25, 0.3) is 0 Å². The molecule has 0 bridgehead atoms. The highest BCUT2D eigenvalue weighted by Gasteiger charge is 2.49. The van der Waals surface area contributed by atoms with Gasteiger partial charge in [-0.25, -0.2) is 4.79 Å². The van der Waals surface area contributed by atoms with Crippen LogP contribution in [0.4, 0.5) is 10.5 Å². The number of aryl methyl sites for hydroxylation is 1. The van der Waals surface area contributed by atoms with Crippen molar-refractivity contribution in [3.8, 4) is 0 Å². The summed E-state index contributed by atoms with van der Waals surface area (Å²) in [5.41, 5.74) is 0.759. The van der Waals surface area contributed by atoms with E-state index in [-0.39, 0.29) is 6.54 Å². The van der Waals surface area contributed by atoms with E-state index in [1.807, 2.05) is 13.0 Å². The molecule has 0 unspecified atom stereocenters. The van der Waals surface area contributed by atoms with Crippen molar-refractivity contribution in [3.63, 3.8) is 0 Å². The molecule has 2 N–H and O–H groups in total. The second-order valence-corrected chi connectivity index (χ2v) is 7.82. The minimum atomic E-state index is -1.23. The Morgan fingerprint density at radius 1 is 1.26 bits per heavy atom. The summed E-state index contributed by atoms with van der Waals surface area (Å²) in [6.07, 6.45) is 0. The van der Waals surface area contributed by atoms with Crippen LogP contribution in [0.1, 0.15) is 18.1 Å². The molecule has 1 aliphatic heterocycles. The van der Waals surface area contributed by atoms with Gasteiger partial charge in [0.2, 0.25) is 5.91 Å². The number of rotatable bonds is 4. The molecule has 0 spiro atoms. The van der Waals surface area contributed by atoms with Gasteiger partial charge in [-0.3, -0.25) is 14.5 Å². The number of benzene rings is 2. The third-order valence-corrected chi connectivity index (χ3v) is 5.18. The Hall–Kier alpha value is -2.38.